The van der Waals surface area contributed by atoms with Crippen molar-refractivity contribution in [2.75, 3.05) is 30.0 Å². The standard InChI is InChI=1S/C23H21ClN2O4S/c24-16-4-7-18(8-5-16)29-11-2-10-26-20-13-17(6-9-21(20)30-15-23(26)28)25-22(27)14-19-3-1-12-31-19/h1,3-9,12-13H,2,10-11,14-15H2,(H,25,27). The fourth-order valence-electron chi connectivity index (χ4n) is 3.25. The molecule has 4 rings (SSSR count). The summed E-state index contributed by atoms with van der Waals surface area (Å²) in [6.45, 7) is 0.934. The molecule has 1 aliphatic heterocycles. The second-order valence-corrected chi connectivity index (χ2v) is 8.45. The lowest BCUT2D eigenvalue weighted by Crippen LogP contribution is -2.39. The quantitative estimate of drug-likeness (QED) is 0.495. The molecule has 0 fully saturated rings. The lowest BCUT2D eigenvalue weighted by Gasteiger charge is -2.30. The number of nitrogens with zero attached hydrogens (tertiary/aromatic N) is 1. The number of ether oxygens (including phenoxy) is 2. The summed E-state index contributed by atoms with van der Waals surface area (Å²) in [4.78, 5) is 27.5. The van der Waals surface area contributed by atoms with Crippen molar-refractivity contribution >= 4 is 46.1 Å². The Kier molecular flexibility index (Phi) is 6.74. The van der Waals surface area contributed by atoms with Gasteiger partial charge in [-0.25, -0.2) is 0 Å². The molecule has 0 spiro atoms. The number of halogens is 1. The third kappa shape index (κ3) is 5.57. The van der Waals surface area contributed by atoms with Gasteiger partial charge in [0.25, 0.3) is 5.91 Å². The summed E-state index contributed by atoms with van der Waals surface area (Å²) in [5.41, 5.74) is 1.28. The van der Waals surface area contributed by atoms with Crippen molar-refractivity contribution in [3.63, 3.8) is 0 Å². The van der Waals surface area contributed by atoms with Gasteiger partial charge in [0.2, 0.25) is 5.91 Å². The summed E-state index contributed by atoms with van der Waals surface area (Å²) in [5, 5.41) is 5.50. The lowest BCUT2D eigenvalue weighted by atomic mass is 10.2. The predicted octanol–water partition coefficient (Wildman–Crippen LogP) is 4.78. The van der Waals surface area contributed by atoms with Crippen molar-refractivity contribution in [2.45, 2.75) is 12.8 Å². The molecule has 2 aromatic carbocycles. The van der Waals surface area contributed by atoms with E-state index in [-0.39, 0.29) is 18.4 Å². The van der Waals surface area contributed by atoms with Gasteiger partial charge in [-0.2, -0.15) is 0 Å². The highest BCUT2D eigenvalue weighted by atomic mass is 35.5. The van der Waals surface area contributed by atoms with Gasteiger partial charge in [0, 0.05) is 22.1 Å². The number of fused-ring (bicyclic) bond motifs is 1. The van der Waals surface area contributed by atoms with Crippen LogP contribution in [0.5, 0.6) is 11.5 Å². The first kappa shape index (κ1) is 21.2. The number of carbonyl (C=O) groups excluding carboxylic acids is 2. The molecule has 160 valence electrons. The largest absolute Gasteiger partial charge is 0.494 e. The third-order valence-corrected chi connectivity index (χ3v) is 5.84. The number of benzene rings is 2. The minimum absolute atomic E-state index is 0.00484. The lowest BCUT2D eigenvalue weighted by molar-refractivity contribution is -0.121. The fraction of sp³-hybridized carbons (Fsp3) is 0.217. The van der Waals surface area contributed by atoms with Gasteiger partial charge in [0.1, 0.15) is 11.5 Å². The summed E-state index contributed by atoms with van der Waals surface area (Å²) >= 11 is 7.42. The zero-order chi connectivity index (χ0) is 21.6. The van der Waals surface area contributed by atoms with E-state index >= 15 is 0 Å². The highest BCUT2D eigenvalue weighted by molar-refractivity contribution is 7.10. The number of nitrogens with one attached hydrogen (secondary N) is 1. The maximum atomic E-state index is 12.5. The molecule has 0 saturated heterocycles. The molecule has 2 heterocycles. The molecule has 0 bridgehead atoms. The fourth-order valence-corrected chi connectivity index (χ4v) is 4.07. The second kappa shape index (κ2) is 9.85. The van der Waals surface area contributed by atoms with E-state index in [4.69, 9.17) is 21.1 Å². The van der Waals surface area contributed by atoms with Crippen molar-refractivity contribution in [3.8, 4) is 11.5 Å². The number of hydrogen-bond acceptors (Lipinski definition) is 5. The molecule has 0 aliphatic carbocycles. The Balaban J connectivity index is 1.37. The normalized spacial score (nSPS) is 12.8. The van der Waals surface area contributed by atoms with Crippen LogP contribution in [0.3, 0.4) is 0 Å². The van der Waals surface area contributed by atoms with Gasteiger partial charge in [-0.1, -0.05) is 17.7 Å². The second-order valence-electron chi connectivity index (χ2n) is 6.98. The van der Waals surface area contributed by atoms with E-state index in [1.165, 1.54) is 0 Å². The van der Waals surface area contributed by atoms with Crippen LogP contribution in [0.25, 0.3) is 0 Å². The van der Waals surface area contributed by atoms with Gasteiger partial charge < -0.3 is 19.7 Å². The minimum Gasteiger partial charge on any atom is -0.494 e. The maximum Gasteiger partial charge on any atom is 0.265 e. The summed E-state index contributed by atoms with van der Waals surface area (Å²) in [7, 11) is 0. The van der Waals surface area contributed by atoms with E-state index in [0.29, 0.717) is 48.1 Å². The zero-order valence-electron chi connectivity index (χ0n) is 16.7. The van der Waals surface area contributed by atoms with Crippen LogP contribution in [0.4, 0.5) is 11.4 Å². The molecule has 0 unspecified atom stereocenters. The molecular weight excluding hydrogens is 436 g/mol. The predicted molar refractivity (Wildman–Crippen MR) is 123 cm³/mol. The van der Waals surface area contributed by atoms with Crippen LogP contribution >= 0.6 is 22.9 Å². The number of anilines is 2. The minimum atomic E-state index is -0.124. The summed E-state index contributed by atoms with van der Waals surface area (Å²) < 4.78 is 11.3. The van der Waals surface area contributed by atoms with Crippen molar-refractivity contribution in [2.24, 2.45) is 0 Å². The summed E-state index contributed by atoms with van der Waals surface area (Å²) in [6.07, 6.45) is 0.957. The van der Waals surface area contributed by atoms with E-state index in [1.54, 1.807) is 46.6 Å². The number of carbonyl (C=O) groups is 2. The van der Waals surface area contributed by atoms with Gasteiger partial charge in [-0.15, -0.1) is 11.3 Å². The average Bonchev–Trinajstić information content (AvgIpc) is 3.26. The van der Waals surface area contributed by atoms with E-state index in [2.05, 4.69) is 5.32 Å². The van der Waals surface area contributed by atoms with Crippen LogP contribution in [0.1, 0.15) is 11.3 Å². The van der Waals surface area contributed by atoms with Crippen molar-refractivity contribution in [3.05, 3.63) is 69.9 Å². The summed E-state index contributed by atoms with van der Waals surface area (Å²) in [6, 6.07) is 16.3. The molecule has 2 amide bonds. The highest BCUT2D eigenvalue weighted by Crippen LogP contribution is 2.34. The number of rotatable bonds is 8. The van der Waals surface area contributed by atoms with Crippen LogP contribution in [0.2, 0.25) is 5.02 Å². The van der Waals surface area contributed by atoms with Crippen molar-refractivity contribution < 1.29 is 19.1 Å². The van der Waals surface area contributed by atoms with E-state index < -0.39 is 0 Å². The van der Waals surface area contributed by atoms with Gasteiger partial charge >= 0.3 is 0 Å². The SMILES string of the molecule is O=C(Cc1cccs1)Nc1ccc2c(c1)N(CCCOc1ccc(Cl)cc1)C(=O)CO2. The van der Waals surface area contributed by atoms with E-state index in [9.17, 15) is 9.59 Å². The van der Waals surface area contributed by atoms with Gasteiger partial charge in [-0.05, 0) is 60.3 Å². The van der Waals surface area contributed by atoms with Crippen LogP contribution in [-0.4, -0.2) is 31.6 Å². The Hall–Kier alpha value is -3.03. The van der Waals surface area contributed by atoms with Gasteiger partial charge in [0.15, 0.2) is 6.61 Å². The average molecular weight is 457 g/mol. The summed E-state index contributed by atoms with van der Waals surface area (Å²) in [5.74, 6) is 1.12. The molecule has 1 aliphatic rings. The number of thiophene rings is 1. The first-order valence-electron chi connectivity index (χ1n) is 9.86. The van der Waals surface area contributed by atoms with Crippen LogP contribution in [0, 0.1) is 0 Å². The zero-order valence-corrected chi connectivity index (χ0v) is 18.2. The molecule has 8 heteroatoms. The molecular formula is C23H21ClN2O4S. The Bertz CT molecular complexity index is 1050. The maximum absolute atomic E-state index is 12.5. The molecule has 0 saturated carbocycles. The number of amides is 2. The van der Waals surface area contributed by atoms with Crippen LogP contribution in [0.15, 0.2) is 60.0 Å². The molecule has 6 nitrogen and oxygen atoms in total. The van der Waals surface area contributed by atoms with Crippen LogP contribution in [-0.2, 0) is 16.0 Å². The molecule has 31 heavy (non-hydrogen) atoms. The molecule has 3 aromatic rings. The van der Waals surface area contributed by atoms with Gasteiger partial charge in [-0.3, -0.25) is 9.59 Å². The monoisotopic (exact) mass is 456 g/mol. The van der Waals surface area contributed by atoms with Crippen molar-refractivity contribution in [1.29, 1.82) is 0 Å². The molecule has 1 aromatic heterocycles. The van der Waals surface area contributed by atoms with Gasteiger partial charge in [0.05, 0.1) is 18.7 Å². The first-order chi connectivity index (χ1) is 15.1. The molecule has 1 N–H and O–H groups in total. The number of hydrogen-bond donors (Lipinski definition) is 1. The van der Waals surface area contributed by atoms with E-state index in [0.717, 1.165) is 10.6 Å². The third-order valence-electron chi connectivity index (χ3n) is 4.71. The van der Waals surface area contributed by atoms with E-state index in [1.807, 2.05) is 29.6 Å². The smallest absolute Gasteiger partial charge is 0.265 e. The Morgan fingerprint density at radius 2 is 2.03 bits per heavy atom. The first-order valence-corrected chi connectivity index (χ1v) is 11.1. The highest BCUT2D eigenvalue weighted by Gasteiger charge is 2.25. The Morgan fingerprint density at radius 1 is 1.19 bits per heavy atom. The Labute approximate surface area is 189 Å². The topological polar surface area (TPSA) is 67.9 Å². The molecule has 0 atom stereocenters. The van der Waals surface area contributed by atoms with Crippen LogP contribution < -0.4 is 19.7 Å². The molecule has 0 radical (unpaired) electrons. The van der Waals surface area contributed by atoms with Crippen molar-refractivity contribution in [1.82, 2.24) is 0 Å². The Morgan fingerprint density at radius 3 is 2.81 bits per heavy atom.